The van der Waals surface area contributed by atoms with Gasteiger partial charge in [-0.2, -0.15) is 26.3 Å². The fourth-order valence-corrected chi connectivity index (χ4v) is 2.43. The van der Waals surface area contributed by atoms with Gasteiger partial charge in [-0.05, 0) is 0 Å². The van der Waals surface area contributed by atoms with E-state index >= 15 is 0 Å². The van der Waals surface area contributed by atoms with Gasteiger partial charge in [0.05, 0.1) is 0 Å². The zero-order valence-corrected chi connectivity index (χ0v) is 10.5. The zero-order chi connectivity index (χ0) is 15.3. The number of halogens is 6. The molecule has 0 spiro atoms. The molecule has 6 nitrogen and oxygen atoms in total. The first-order valence-corrected chi connectivity index (χ1v) is 6.94. The average Bonchev–Trinajstić information content (AvgIpc) is 2.19. The van der Waals surface area contributed by atoms with Crippen LogP contribution in [0, 0.1) is 0 Å². The van der Waals surface area contributed by atoms with E-state index in [4.69, 9.17) is 0 Å². The maximum absolute atomic E-state index is 11.8. The van der Waals surface area contributed by atoms with Gasteiger partial charge < -0.3 is 0 Å². The van der Waals surface area contributed by atoms with E-state index in [-0.39, 0.29) is 0 Å². The molecule has 0 rings (SSSR count). The molecule has 19 heavy (non-hydrogen) atoms. The van der Waals surface area contributed by atoms with E-state index in [9.17, 15) is 39.3 Å². The van der Waals surface area contributed by atoms with E-state index in [2.05, 4.69) is 13.2 Å². The smallest absolute Gasteiger partial charge is 0.297 e. The normalized spacial score (nSPS) is 14.1. The van der Waals surface area contributed by atoms with Crippen LogP contribution >= 0.6 is 7.60 Å². The standard InChI is InChI=1S/C5H7F6O6PS/c6-4(7,8)1-15-18(12,3-17-19(13)14)16-2-5(9,10)11/h19H,1-3H2. The van der Waals surface area contributed by atoms with Crippen molar-refractivity contribution in [1.29, 1.82) is 0 Å². The lowest BCUT2D eigenvalue weighted by molar-refractivity contribution is -0.165. The van der Waals surface area contributed by atoms with Gasteiger partial charge in [0.2, 0.25) is 0 Å². The van der Waals surface area contributed by atoms with Crippen molar-refractivity contribution in [1.82, 2.24) is 0 Å². The third kappa shape index (κ3) is 11.2. The van der Waals surface area contributed by atoms with Gasteiger partial charge in [0.1, 0.15) is 0 Å². The molecule has 14 heteroatoms. The molecule has 0 aromatic rings. The van der Waals surface area contributed by atoms with Crippen molar-refractivity contribution in [2.75, 3.05) is 19.6 Å². The summed E-state index contributed by atoms with van der Waals surface area (Å²) in [6.07, 6.45) is -11.6. The molecule has 0 amide bonds. The second kappa shape index (κ2) is 6.88. The quantitative estimate of drug-likeness (QED) is 0.433. The van der Waals surface area contributed by atoms with E-state index in [1.165, 1.54) is 0 Å². The van der Waals surface area contributed by atoms with Gasteiger partial charge >= 0.3 is 19.9 Å². The summed E-state index contributed by atoms with van der Waals surface area (Å²) in [5.74, 6) is 0. The molecular weight excluding hydrogens is 333 g/mol. The minimum atomic E-state index is -5.01. The van der Waals surface area contributed by atoms with Crippen molar-refractivity contribution in [3.63, 3.8) is 0 Å². The number of alkyl halides is 6. The maximum atomic E-state index is 11.8. The SMILES string of the molecule is O=[SH](=O)OCP(=O)(OCC(F)(F)F)OCC(F)(F)F. The summed E-state index contributed by atoms with van der Waals surface area (Å²) in [7, 11) is -8.65. The Morgan fingerprint density at radius 3 is 1.53 bits per heavy atom. The summed E-state index contributed by atoms with van der Waals surface area (Å²) in [5, 5.41) is 0. The van der Waals surface area contributed by atoms with Gasteiger partial charge in [-0.25, -0.2) is 8.42 Å². The fraction of sp³-hybridized carbons (Fsp3) is 1.00. The van der Waals surface area contributed by atoms with Crippen LogP contribution in [0.1, 0.15) is 0 Å². The van der Waals surface area contributed by atoms with Crippen LogP contribution < -0.4 is 0 Å². The first-order chi connectivity index (χ1) is 8.33. The molecule has 0 aromatic carbocycles. The van der Waals surface area contributed by atoms with Crippen molar-refractivity contribution in [3.05, 3.63) is 0 Å². The summed E-state index contributed by atoms with van der Waals surface area (Å²) in [5.41, 5.74) is 0. The molecule has 0 heterocycles. The van der Waals surface area contributed by atoms with Crippen molar-refractivity contribution in [2.24, 2.45) is 0 Å². The number of hydrogen-bond acceptors (Lipinski definition) is 6. The van der Waals surface area contributed by atoms with Gasteiger partial charge in [-0.15, -0.1) is 0 Å². The van der Waals surface area contributed by atoms with Crippen molar-refractivity contribution >= 4 is 18.6 Å². The van der Waals surface area contributed by atoms with Crippen LogP contribution in [0.25, 0.3) is 0 Å². The molecule has 0 atom stereocenters. The predicted molar refractivity (Wildman–Crippen MR) is 47.9 cm³/mol. The Bertz CT molecular complexity index is 372. The highest BCUT2D eigenvalue weighted by molar-refractivity contribution is 7.67. The van der Waals surface area contributed by atoms with Crippen LogP contribution in [0.5, 0.6) is 0 Å². The summed E-state index contributed by atoms with van der Waals surface area (Å²) >= 11 is 0. The molecule has 0 aliphatic rings. The lowest BCUT2D eigenvalue weighted by atomic mass is 10.7. The third-order valence-corrected chi connectivity index (χ3v) is 3.20. The van der Waals surface area contributed by atoms with Gasteiger partial charge in [0.25, 0.3) is 11.0 Å². The molecule has 116 valence electrons. The molecule has 0 unspecified atom stereocenters. The Hall–Kier alpha value is -0.360. The van der Waals surface area contributed by atoms with Crippen LogP contribution in [0.3, 0.4) is 0 Å². The molecule has 0 radical (unpaired) electrons. The zero-order valence-electron chi connectivity index (χ0n) is 8.73. The third-order valence-electron chi connectivity index (χ3n) is 1.17. The molecular formula is C5H7F6O6PS. The summed E-state index contributed by atoms with van der Waals surface area (Å²) in [6, 6.07) is 0. The van der Waals surface area contributed by atoms with E-state index in [1.54, 1.807) is 0 Å². The average molecular weight is 340 g/mol. The number of hydrogen-bond donors (Lipinski definition) is 1. The topological polar surface area (TPSA) is 78.9 Å². The van der Waals surface area contributed by atoms with Crippen LogP contribution in [-0.2, 0) is 28.8 Å². The monoisotopic (exact) mass is 340 g/mol. The summed E-state index contributed by atoms with van der Waals surface area (Å²) < 4.78 is 113. The predicted octanol–water partition coefficient (Wildman–Crippen LogP) is 1.84. The van der Waals surface area contributed by atoms with Crippen molar-refractivity contribution in [3.8, 4) is 0 Å². The highest BCUT2D eigenvalue weighted by Crippen LogP contribution is 2.50. The minimum Gasteiger partial charge on any atom is -0.297 e. The van der Waals surface area contributed by atoms with Crippen LogP contribution in [0.2, 0.25) is 0 Å². The van der Waals surface area contributed by atoms with Crippen molar-refractivity contribution < 1.29 is 52.6 Å². The van der Waals surface area contributed by atoms with Gasteiger partial charge in [-0.1, -0.05) is 0 Å². The number of thiol groups is 1. The maximum Gasteiger partial charge on any atom is 0.412 e. The first kappa shape index (κ1) is 18.6. The Balaban J connectivity index is 4.66. The Morgan fingerprint density at radius 1 is 0.895 bits per heavy atom. The Morgan fingerprint density at radius 2 is 1.26 bits per heavy atom. The van der Waals surface area contributed by atoms with E-state index < -0.39 is 50.5 Å². The lowest BCUT2D eigenvalue weighted by Crippen LogP contribution is -2.21. The second-order valence-electron chi connectivity index (χ2n) is 2.87. The summed E-state index contributed by atoms with van der Waals surface area (Å²) in [6.45, 7) is -4.36. The van der Waals surface area contributed by atoms with Crippen molar-refractivity contribution in [2.45, 2.75) is 12.4 Å². The molecule has 0 fully saturated rings. The largest absolute Gasteiger partial charge is 0.412 e. The van der Waals surface area contributed by atoms with Gasteiger partial charge in [0.15, 0.2) is 19.6 Å². The number of rotatable bonds is 7. The molecule has 0 saturated heterocycles. The second-order valence-corrected chi connectivity index (χ2v) is 5.57. The lowest BCUT2D eigenvalue weighted by Gasteiger charge is -2.18. The van der Waals surface area contributed by atoms with E-state index in [0.29, 0.717) is 0 Å². The molecule has 0 aliphatic heterocycles. The molecule has 0 N–H and O–H groups in total. The first-order valence-electron chi connectivity index (χ1n) is 4.12. The molecule has 0 saturated carbocycles. The van der Waals surface area contributed by atoms with Crippen LogP contribution in [-0.4, -0.2) is 40.3 Å². The molecule has 0 aliphatic carbocycles. The fourth-order valence-electron chi connectivity index (χ4n) is 0.573. The Kier molecular flexibility index (Phi) is 6.75. The van der Waals surface area contributed by atoms with E-state index in [0.717, 1.165) is 0 Å². The highest BCUT2D eigenvalue weighted by Gasteiger charge is 2.38. The molecule has 0 aromatic heterocycles. The molecule has 0 bridgehead atoms. The van der Waals surface area contributed by atoms with Crippen LogP contribution in [0.4, 0.5) is 26.3 Å². The Labute approximate surface area is 104 Å². The van der Waals surface area contributed by atoms with Crippen LogP contribution in [0.15, 0.2) is 0 Å². The van der Waals surface area contributed by atoms with Gasteiger partial charge in [-0.3, -0.25) is 17.8 Å². The minimum absolute atomic E-state index is 1.59. The summed E-state index contributed by atoms with van der Waals surface area (Å²) in [4.78, 5) is 0. The highest BCUT2D eigenvalue weighted by atomic mass is 32.2. The van der Waals surface area contributed by atoms with E-state index in [1.807, 2.05) is 0 Å². The van der Waals surface area contributed by atoms with Gasteiger partial charge in [0, 0.05) is 0 Å².